The average molecular weight is 243 g/mol. The molecule has 0 saturated carbocycles. The highest BCUT2D eigenvalue weighted by molar-refractivity contribution is 5.74. The summed E-state index contributed by atoms with van der Waals surface area (Å²) < 4.78 is 28.0. The number of halogens is 2. The van der Waals surface area contributed by atoms with Crippen LogP contribution in [0.4, 0.5) is 8.78 Å². The van der Waals surface area contributed by atoms with E-state index in [2.05, 4.69) is 4.74 Å². The Hall–Kier alpha value is -1.65. The molecule has 1 unspecified atom stereocenters. The molecule has 0 aromatic heterocycles. The van der Waals surface area contributed by atoms with E-state index < -0.39 is 18.5 Å². The van der Waals surface area contributed by atoms with E-state index in [1.54, 1.807) is 13.8 Å². The zero-order chi connectivity index (χ0) is 13.0. The largest absolute Gasteiger partial charge is 0.549 e. The third-order valence-electron chi connectivity index (χ3n) is 2.38. The molecule has 1 rings (SSSR count). The average Bonchev–Trinajstić information content (AvgIpc) is 2.18. The van der Waals surface area contributed by atoms with Crippen molar-refractivity contribution in [3.8, 4) is 5.75 Å². The Morgan fingerprint density at radius 2 is 1.76 bits per heavy atom. The highest BCUT2D eigenvalue weighted by Crippen LogP contribution is 2.26. The molecule has 0 fully saturated rings. The van der Waals surface area contributed by atoms with Crippen LogP contribution < -0.4 is 9.84 Å². The molecule has 3 nitrogen and oxygen atoms in total. The predicted octanol–water partition coefficient (Wildman–Crippen LogP) is 1.78. The van der Waals surface area contributed by atoms with Gasteiger partial charge in [-0.1, -0.05) is 26.0 Å². The van der Waals surface area contributed by atoms with Crippen LogP contribution in [-0.4, -0.2) is 12.6 Å². The second kappa shape index (κ2) is 5.61. The summed E-state index contributed by atoms with van der Waals surface area (Å²) >= 11 is 0. The Morgan fingerprint density at radius 1 is 1.24 bits per heavy atom. The van der Waals surface area contributed by atoms with Crippen molar-refractivity contribution in [2.45, 2.75) is 26.4 Å². The van der Waals surface area contributed by atoms with Crippen LogP contribution in [0.15, 0.2) is 24.3 Å². The van der Waals surface area contributed by atoms with E-state index in [-0.39, 0.29) is 11.7 Å². The van der Waals surface area contributed by atoms with Crippen LogP contribution in [0.3, 0.4) is 0 Å². The lowest BCUT2D eigenvalue weighted by Gasteiger charge is -2.22. The third-order valence-corrected chi connectivity index (χ3v) is 2.38. The highest BCUT2D eigenvalue weighted by atomic mass is 19.3. The quantitative estimate of drug-likeness (QED) is 0.792. The molecule has 0 radical (unpaired) electrons. The van der Waals surface area contributed by atoms with Crippen molar-refractivity contribution in [2.24, 2.45) is 5.92 Å². The summed E-state index contributed by atoms with van der Waals surface area (Å²) in [4.78, 5) is 10.9. The first-order chi connectivity index (χ1) is 7.91. The van der Waals surface area contributed by atoms with E-state index in [4.69, 9.17) is 0 Å². The van der Waals surface area contributed by atoms with Gasteiger partial charge < -0.3 is 14.6 Å². The summed E-state index contributed by atoms with van der Waals surface area (Å²) in [6, 6.07) is 5.55. The molecule has 17 heavy (non-hydrogen) atoms. The molecule has 0 amide bonds. The number of hydrogen-bond acceptors (Lipinski definition) is 3. The molecule has 0 N–H and O–H groups in total. The summed E-state index contributed by atoms with van der Waals surface area (Å²) in [6.45, 7) is 0.622. The van der Waals surface area contributed by atoms with Gasteiger partial charge in [-0.05, 0) is 23.6 Å². The van der Waals surface area contributed by atoms with E-state index in [1.807, 2.05) is 0 Å². The van der Waals surface area contributed by atoms with Gasteiger partial charge in [0.1, 0.15) is 5.75 Å². The normalized spacial score (nSPS) is 12.8. The van der Waals surface area contributed by atoms with Crippen LogP contribution in [0.25, 0.3) is 0 Å². The van der Waals surface area contributed by atoms with Gasteiger partial charge in [-0.15, -0.1) is 0 Å². The molecule has 1 aromatic carbocycles. The van der Waals surface area contributed by atoms with Crippen molar-refractivity contribution in [2.75, 3.05) is 0 Å². The van der Waals surface area contributed by atoms with E-state index in [0.29, 0.717) is 5.56 Å². The van der Waals surface area contributed by atoms with Crippen LogP contribution in [0.5, 0.6) is 5.75 Å². The lowest BCUT2D eigenvalue weighted by molar-refractivity contribution is -0.309. The Morgan fingerprint density at radius 3 is 2.12 bits per heavy atom. The van der Waals surface area contributed by atoms with Crippen molar-refractivity contribution in [3.63, 3.8) is 0 Å². The van der Waals surface area contributed by atoms with Gasteiger partial charge in [-0.25, -0.2) is 0 Å². The summed E-state index contributed by atoms with van der Waals surface area (Å²) in [5.74, 6) is -2.07. The zero-order valence-electron chi connectivity index (χ0n) is 9.52. The topological polar surface area (TPSA) is 49.4 Å². The van der Waals surface area contributed by atoms with Crippen LogP contribution in [-0.2, 0) is 4.79 Å². The fraction of sp³-hybridized carbons (Fsp3) is 0.417. The molecular formula is C12H13F2O3-. The number of benzene rings is 1. The number of carbonyl (C=O) groups excluding carboxylic acids is 1. The van der Waals surface area contributed by atoms with Crippen LogP contribution in [0.1, 0.15) is 25.3 Å². The fourth-order valence-corrected chi connectivity index (χ4v) is 1.65. The molecule has 0 aliphatic heterocycles. The minimum Gasteiger partial charge on any atom is -0.549 e. The maximum atomic E-state index is 11.9. The van der Waals surface area contributed by atoms with E-state index in [0.717, 1.165) is 0 Å². The second-order valence-corrected chi connectivity index (χ2v) is 3.99. The number of alkyl halides is 2. The summed E-state index contributed by atoms with van der Waals surface area (Å²) in [7, 11) is 0. The lowest BCUT2D eigenvalue weighted by Crippen LogP contribution is -2.32. The molecule has 0 aliphatic rings. The van der Waals surface area contributed by atoms with Gasteiger partial charge in [0.05, 0.1) is 0 Å². The first kappa shape index (κ1) is 13.4. The van der Waals surface area contributed by atoms with Crippen LogP contribution in [0, 0.1) is 5.92 Å². The number of ether oxygens (including phenoxy) is 1. The van der Waals surface area contributed by atoms with Crippen molar-refractivity contribution in [1.29, 1.82) is 0 Å². The number of rotatable bonds is 5. The molecule has 1 atom stereocenters. The summed E-state index contributed by atoms with van der Waals surface area (Å²) in [5, 5.41) is 10.9. The summed E-state index contributed by atoms with van der Waals surface area (Å²) in [5.41, 5.74) is 0.515. The Kier molecular flexibility index (Phi) is 4.43. The number of carbonyl (C=O) groups is 1. The molecule has 1 aromatic rings. The monoisotopic (exact) mass is 243 g/mol. The van der Waals surface area contributed by atoms with Gasteiger partial charge in [0.2, 0.25) is 0 Å². The first-order valence-electron chi connectivity index (χ1n) is 5.17. The third kappa shape index (κ3) is 3.69. The molecule has 0 saturated heterocycles. The Labute approximate surface area is 98.0 Å². The van der Waals surface area contributed by atoms with E-state index in [1.165, 1.54) is 24.3 Å². The minimum atomic E-state index is -2.89. The van der Waals surface area contributed by atoms with Gasteiger partial charge in [-0.3, -0.25) is 0 Å². The van der Waals surface area contributed by atoms with Crippen LogP contribution in [0.2, 0.25) is 0 Å². The number of aliphatic carboxylic acids is 1. The Bertz CT molecular complexity index is 374. The minimum absolute atomic E-state index is 0.00426. The van der Waals surface area contributed by atoms with Crippen molar-refractivity contribution in [3.05, 3.63) is 29.8 Å². The zero-order valence-corrected chi connectivity index (χ0v) is 9.52. The number of hydrogen-bond donors (Lipinski definition) is 0. The molecule has 0 spiro atoms. The smallest absolute Gasteiger partial charge is 0.387 e. The van der Waals surface area contributed by atoms with E-state index >= 15 is 0 Å². The van der Waals surface area contributed by atoms with E-state index in [9.17, 15) is 18.7 Å². The fourth-order valence-electron chi connectivity index (χ4n) is 1.65. The Balaban J connectivity index is 2.88. The lowest BCUT2D eigenvalue weighted by atomic mass is 9.88. The van der Waals surface area contributed by atoms with Gasteiger partial charge in [0, 0.05) is 11.9 Å². The predicted molar refractivity (Wildman–Crippen MR) is 55.7 cm³/mol. The molecule has 0 aliphatic carbocycles. The number of carboxylic acid groups (broad SMARTS) is 1. The standard InChI is InChI=1S/C12H14F2O3/c1-7(2)10(11(15)16)8-3-5-9(6-4-8)17-12(13)14/h3-7,10,12H,1-2H3,(H,15,16)/p-1. The SMILES string of the molecule is CC(C)C(C(=O)[O-])c1ccc(OC(F)F)cc1. The van der Waals surface area contributed by atoms with Crippen LogP contribution >= 0.6 is 0 Å². The van der Waals surface area contributed by atoms with Gasteiger partial charge in [0.25, 0.3) is 0 Å². The van der Waals surface area contributed by atoms with Gasteiger partial charge in [-0.2, -0.15) is 8.78 Å². The van der Waals surface area contributed by atoms with Crippen molar-refractivity contribution in [1.82, 2.24) is 0 Å². The maximum Gasteiger partial charge on any atom is 0.387 e. The molecule has 0 bridgehead atoms. The van der Waals surface area contributed by atoms with Crippen molar-refractivity contribution < 1.29 is 23.4 Å². The maximum absolute atomic E-state index is 11.9. The van der Waals surface area contributed by atoms with Crippen molar-refractivity contribution >= 4 is 5.97 Å². The molecule has 5 heteroatoms. The molecular weight excluding hydrogens is 230 g/mol. The van der Waals surface area contributed by atoms with Gasteiger partial charge in [0.15, 0.2) is 0 Å². The van der Waals surface area contributed by atoms with Gasteiger partial charge >= 0.3 is 6.61 Å². The first-order valence-corrected chi connectivity index (χ1v) is 5.17. The number of carboxylic acids is 1. The summed E-state index contributed by atoms with van der Waals surface area (Å²) in [6.07, 6.45) is 0. The second-order valence-electron chi connectivity index (χ2n) is 3.99. The highest BCUT2D eigenvalue weighted by Gasteiger charge is 2.17. The molecule has 94 valence electrons. The molecule has 0 heterocycles.